The number of nitrogens with zero attached hydrogens (tertiary/aromatic N) is 3. The summed E-state index contributed by atoms with van der Waals surface area (Å²) in [6, 6.07) is 3.19. The highest BCUT2D eigenvalue weighted by molar-refractivity contribution is 5.40. The van der Waals surface area contributed by atoms with Crippen LogP contribution in [0.1, 0.15) is 34.1 Å². The van der Waals surface area contributed by atoms with Crippen molar-refractivity contribution < 1.29 is 0 Å². The quantitative estimate of drug-likeness (QED) is 0.872. The first-order chi connectivity index (χ1) is 8.41. The van der Waals surface area contributed by atoms with Gasteiger partial charge in [0, 0.05) is 44.5 Å². The van der Waals surface area contributed by atoms with Crippen molar-refractivity contribution in [1.29, 1.82) is 0 Å². The molecule has 0 radical (unpaired) electrons. The van der Waals surface area contributed by atoms with Crippen molar-refractivity contribution >= 4 is 5.82 Å². The minimum Gasteiger partial charge on any atom is -0.349 e. The Morgan fingerprint density at radius 1 is 1.44 bits per heavy atom. The third-order valence-corrected chi connectivity index (χ3v) is 3.93. The highest BCUT2D eigenvalue weighted by Crippen LogP contribution is 2.27. The number of rotatable bonds is 2. The summed E-state index contributed by atoms with van der Waals surface area (Å²) in [6.07, 6.45) is 3.18. The van der Waals surface area contributed by atoms with Crippen molar-refractivity contribution in [3.8, 4) is 0 Å². The van der Waals surface area contributed by atoms with E-state index in [1.165, 1.54) is 0 Å². The number of hydrogen-bond donors (Lipinski definition) is 1. The lowest BCUT2D eigenvalue weighted by molar-refractivity contribution is 0.233. The van der Waals surface area contributed by atoms with Gasteiger partial charge in [0.1, 0.15) is 0 Å². The zero-order valence-corrected chi connectivity index (χ0v) is 12.3. The summed E-state index contributed by atoms with van der Waals surface area (Å²) in [4.78, 5) is 2.46. The van der Waals surface area contributed by atoms with Crippen LogP contribution >= 0.6 is 0 Å². The van der Waals surface area contributed by atoms with E-state index in [-0.39, 0.29) is 5.41 Å². The molecular weight excluding hydrogens is 224 g/mol. The number of aryl methyl sites for hydroxylation is 1. The van der Waals surface area contributed by atoms with Crippen molar-refractivity contribution in [2.24, 2.45) is 12.5 Å². The zero-order chi connectivity index (χ0) is 13.3. The van der Waals surface area contributed by atoms with Crippen LogP contribution in [0.15, 0.2) is 12.3 Å². The number of aromatic nitrogens is 2. The molecule has 1 aliphatic heterocycles. The Labute approximate surface area is 110 Å². The molecule has 1 aliphatic rings. The Kier molecular flexibility index (Phi) is 3.66. The average molecular weight is 250 g/mol. The first-order valence-corrected chi connectivity index (χ1v) is 6.91. The molecule has 2 heterocycles. The van der Waals surface area contributed by atoms with Gasteiger partial charge in [-0.3, -0.25) is 4.68 Å². The van der Waals surface area contributed by atoms with Gasteiger partial charge in [-0.2, -0.15) is 5.10 Å². The fourth-order valence-electron chi connectivity index (χ4n) is 2.58. The summed E-state index contributed by atoms with van der Waals surface area (Å²) < 4.78 is 1.89. The van der Waals surface area contributed by atoms with Crippen LogP contribution in [0.25, 0.3) is 0 Å². The maximum atomic E-state index is 4.56. The van der Waals surface area contributed by atoms with Gasteiger partial charge in [0.15, 0.2) is 5.82 Å². The Morgan fingerprint density at radius 3 is 2.67 bits per heavy atom. The Hall–Kier alpha value is -1.03. The second kappa shape index (κ2) is 4.92. The summed E-state index contributed by atoms with van der Waals surface area (Å²) in [6.45, 7) is 11.2. The molecule has 2 atom stereocenters. The molecule has 0 saturated carbocycles. The third kappa shape index (κ3) is 2.69. The predicted octanol–water partition coefficient (Wildman–Crippen LogP) is 2.02. The molecule has 18 heavy (non-hydrogen) atoms. The van der Waals surface area contributed by atoms with E-state index in [9.17, 15) is 0 Å². The second-order valence-corrected chi connectivity index (χ2v) is 6.39. The van der Waals surface area contributed by atoms with Gasteiger partial charge in [0.2, 0.25) is 0 Å². The normalized spacial score (nSPS) is 25.5. The molecule has 0 aliphatic carbocycles. The number of hydrogen-bond acceptors (Lipinski definition) is 3. The lowest BCUT2D eigenvalue weighted by Gasteiger charge is -2.45. The zero-order valence-electron chi connectivity index (χ0n) is 12.3. The van der Waals surface area contributed by atoms with Crippen molar-refractivity contribution in [3.05, 3.63) is 12.3 Å². The Balaban J connectivity index is 2.18. The van der Waals surface area contributed by atoms with Crippen molar-refractivity contribution in [1.82, 2.24) is 15.1 Å². The van der Waals surface area contributed by atoms with Gasteiger partial charge in [-0.25, -0.2) is 0 Å². The molecule has 0 bridgehead atoms. The van der Waals surface area contributed by atoms with Gasteiger partial charge in [-0.05, 0) is 11.8 Å². The minimum atomic E-state index is 0.283. The Bertz CT molecular complexity index is 391. The van der Waals surface area contributed by atoms with Crippen LogP contribution < -0.4 is 10.2 Å². The number of nitrogens with one attached hydrogen (secondary N) is 1. The Morgan fingerprint density at radius 2 is 2.17 bits per heavy atom. The maximum Gasteiger partial charge on any atom is 0.150 e. The molecule has 1 saturated heterocycles. The molecule has 0 spiro atoms. The fourth-order valence-corrected chi connectivity index (χ4v) is 2.58. The molecule has 1 fully saturated rings. The molecule has 0 aromatic carbocycles. The summed E-state index contributed by atoms with van der Waals surface area (Å²) in [5.74, 6) is 1.11. The first-order valence-electron chi connectivity index (χ1n) is 6.91. The van der Waals surface area contributed by atoms with E-state index in [4.69, 9.17) is 0 Å². The van der Waals surface area contributed by atoms with E-state index in [0.29, 0.717) is 12.1 Å². The molecule has 2 unspecified atom stereocenters. The van der Waals surface area contributed by atoms with Crippen LogP contribution in [-0.4, -0.2) is 35.0 Å². The van der Waals surface area contributed by atoms with Gasteiger partial charge < -0.3 is 10.2 Å². The van der Waals surface area contributed by atoms with Crippen LogP contribution in [0, 0.1) is 5.41 Å². The highest BCUT2D eigenvalue weighted by atomic mass is 15.4. The SMILES string of the molecule is CCC1CNC(C(C)(C)C)CN1c1ccn(C)n1. The monoisotopic (exact) mass is 250 g/mol. The molecular formula is C14H26N4. The summed E-state index contributed by atoms with van der Waals surface area (Å²) in [5.41, 5.74) is 0.283. The van der Waals surface area contributed by atoms with E-state index < -0.39 is 0 Å². The fraction of sp³-hybridized carbons (Fsp3) is 0.786. The summed E-state index contributed by atoms with van der Waals surface area (Å²) >= 11 is 0. The van der Waals surface area contributed by atoms with E-state index in [1.807, 2.05) is 17.9 Å². The topological polar surface area (TPSA) is 33.1 Å². The number of anilines is 1. The maximum absolute atomic E-state index is 4.56. The second-order valence-electron chi connectivity index (χ2n) is 6.39. The van der Waals surface area contributed by atoms with Crippen molar-refractivity contribution in [2.75, 3.05) is 18.0 Å². The molecule has 4 heteroatoms. The van der Waals surface area contributed by atoms with Gasteiger partial charge >= 0.3 is 0 Å². The molecule has 1 aromatic heterocycles. The van der Waals surface area contributed by atoms with Crippen LogP contribution in [-0.2, 0) is 7.05 Å². The van der Waals surface area contributed by atoms with Crippen molar-refractivity contribution in [3.63, 3.8) is 0 Å². The molecule has 2 rings (SSSR count). The number of piperazine rings is 1. The highest BCUT2D eigenvalue weighted by Gasteiger charge is 2.34. The lowest BCUT2D eigenvalue weighted by atomic mass is 9.84. The average Bonchev–Trinajstić information content (AvgIpc) is 2.73. The van der Waals surface area contributed by atoms with Crippen LogP contribution in [0.2, 0.25) is 0 Å². The largest absolute Gasteiger partial charge is 0.349 e. The van der Waals surface area contributed by atoms with Crippen LogP contribution in [0.5, 0.6) is 0 Å². The van der Waals surface area contributed by atoms with Crippen molar-refractivity contribution in [2.45, 2.75) is 46.2 Å². The van der Waals surface area contributed by atoms with Gasteiger partial charge in [-0.15, -0.1) is 0 Å². The van der Waals surface area contributed by atoms with E-state index in [1.54, 1.807) is 0 Å². The lowest BCUT2D eigenvalue weighted by Crippen LogP contribution is -2.60. The molecule has 0 amide bonds. The smallest absolute Gasteiger partial charge is 0.150 e. The van der Waals surface area contributed by atoms with E-state index in [0.717, 1.165) is 25.3 Å². The standard InChI is InChI=1S/C14H26N4/c1-6-11-9-15-12(14(2,3)4)10-18(11)13-7-8-17(5)16-13/h7-8,11-12,15H,6,9-10H2,1-5H3. The van der Waals surface area contributed by atoms with Gasteiger partial charge in [-0.1, -0.05) is 27.7 Å². The minimum absolute atomic E-state index is 0.283. The first kappa shape index (κ1) is 13.4. The summed E-state index contributed by atoms with van der Waals surface area (Å²) in [5, 5.41) is 8.25. The molecule has 1 N–H and O–H groups in total. The van der Waals surface area contributed by atoms with E-state index >= 15 is 0 Å². The summed E-state index contributed by atoms with van der Waals surface area (Å²) in [7, 11) is 1.98. The van der Waals surface area contributed by atoms with E-state index in [2.05, 4.69) is 49.1 Å². The van der Waals surface area contributed by atoms with Gasteiger partial charge in [0.05, 0.1) is 0 Å². The van der Waals surface area contributed by atoms with Crippen LogP contribution in [0.3, 0.4) is 0 Å². The van der Waals surface area contributed by atoms with Crippen LogP contribution in [0.4, 0.5) is 5.82 Å². The molecule has 1 aromatic rings. The molecule has 4 nitrogen and oxygen atoms in total. The molecule has 102 valence electrons. The third-order valence-electron chi connectivity index (χ3n) is 3.93. The van der Waals surface area contributed by atoms with Gasteiger partial charge in [0.25, 0.3) is 0 Å². The predicted molar refractivity (Wildman–Crippen MR) is 75.9 cm³/mol.